The summed E-state index contributed by atoms with van der Waals surface area (Å²) in [6, 6.07) is 7.72. The first kappa shape index (κ1) is 14.9. The highest BCUT2D eigenvalue weighted by Gasteiger charge is 2.20. The second-order valence-electron chi connectivity index (χ2n) is 4.89. The number of carbonyl (C=O) groups is 1. The molecule has 8 nitrogen and oxygen atoms in total. The van der Waals surface area contributed by atoms with Crippen LogP contribution in [-0.2, 0) is 16.1 Å². The van der Waals surface area contributed by atoms with Gasteiger partial charge in [-0.25, -0.2) is 4.98 Å². The second kappa shape index (κ2) is 6.01. The van der Waals surface area contributed by atoms with Crippen LogP contribution in [-0.4, -0.2) is 22.6 Å². The van der Waals surface area contributed by atoms with E-state index in [1.807, 2.05) is 0 Å². The Morgan fingerprint density at radius 3 is 2.91 bits per heavy atom. The van der Waals surface area contributed by atoms with Crippen molar-refractivity contribution in [2.24, 2.45) is 0 Å². The molecular formula is C15H13N3O5. The normalized spacial score (nSPS) is 12.9. The number of hydrogen-bond donors (Lipinski definition) is 0. The van der Waals surface area contributed by atoms with Crippen LogP contribution in [0.4, 0.5) is 17.2 Å². The van der Waals surface area contributed by atoms with Crippen LogP contribution in [0.5, 0.6) is 5.75 Å². The summed E-state index contributed by atoms with van der Waals surface area (Å²) in [5.41, 5.74) is 1.20. The fourth-order valence-corrected chi connectivity index (χ4v) is 2.33. The summed E-state index contributed by atoms with van der Waals surface area (Å²) in [6.07, 6.45) is 1.30. The van der Waals surface area contributed by atoms with E-state index in [9.17, 15) is 14.9 Å². The van der Waals surface area contributed by atoms with Crippen LogP contribution < -0.4 is 9.64 Å². The molecule has 1 aliphatic heterocycles. The molecule has 0 atom stereocenters. The second-order valence-corrected chi connectivity index (χ2v) is 4.89. The van der Waals surface area contributed by atoms with Crippen molar-refractivity contribution >= 4 is 23.1 Å². The Bertz CT molecular complexity index is 777. The third kappa shape index (κ3) is 2.97. The smallest absolute Gasteiger partial charge is 0.274 e. The first-order chi connectivity index (χ1) is 11.1. The lowest BCUT2D eigenvalue weighted by Gasteiger charge is -2.23. The molecule has 0 bridgehead atoms. The van der Waals surface area contributed by atoms with Crippen LogP contribution in [0.1, 0.15) is 12.5 Å². The fraction of sp³-hybridized carbons (Fsp3) is 0.200. The molecule has 23 heavy (non-hydrogen) atoms. The topological polar surface area (TPSA) is 94.8 Å². The summed E-state index contributed by atoms with van der Waals surface area (Å²) in [5.74, 6) is 0.565. The molecule has 0 spiro atoms. The molecule has 0 aliphatic carbocycles. The molecule has 2 aromatic rings. The maximum Gasteiger partial charge on any atom is 0.274 e. The quantitative estimate of drug-likeness (QED) is 0.638. The molecule has 1 aromatic heterocycles. The fourth-order valence-electron chi connectivity index (χ4n) is 2.33. The van der Waals surface area contributed by atoms with Crippen molar-refractivity contribution in [2.45, 2.75) is 13.5 Å². The highest BCUT2D eigenvalue weighted by Crippen LogP contribution is 2.32. The lowest BCUT2D eigenvalue weighted by Crippen LogP contribution is -2.24. The highest BCUT2D eigenvalue weighted by atomic mass is 16.7. The van der Waals surface area contributed by atoms with Crippen molar-refractivity contribution < 1.29 is 19.2 Å². The molecule has 8 heteroatoms. The number of nitro groups is 1. The van der Waals surface area contributed by atoms with Crippen LogP contribution in [0.15, 0.2) is 36.5 Å². The lowest BCUT2D eigenvalue weighted by molar-refractivity contribution is -0.384. The molecule has 1 amide bonds. The standard InChI is InChI=1S/C15H13N3O5/c1-10(19)17(15-7-13(18(20)21)4-5-16-15)12-2-3-14-11(6-12)8-22-9-23-14/h2-7H,8-9H2,1H3. The Kier molecular flexibility index (Phi) is 3.90. The average molecular weight is 315 g/mol. The van der Waals surface area contributed by atoms with E-state index in [1.54, 1.807) is 18.2 Å². The molecule has 0 N–H and O–H groups in total. The molecular weight excluding hydrogens is 302 g/mol. The lowest BCUT2D eigenvalue weighted by atomic mass is 10.1. The number of nitrogens with zero attached hydrogens (tertiary/aromatic N) is 3. The van der Waals surface area contributed by atoms with Gasteiger partial charge in [0.25, 0.3) is 5.69 Å². The van der Waals surface area contributed by atoms with Crippen molar-refractivity contribution in [2.75, 3.05) is 11.7 Å². The van der Waals surface area contributed by atoms with Gasteiger partial charge in [0, 0.05) is 24.8 Å². The summed E-state index contributed by atoms with van der Waals surface area (Å²) >= 11 is 0. The van der Waals surface area contributed by atoms with Gasteiger partial charge < -0.3 is 9.47 Å². The zero-order valence-electron chi connectivity index (χ0n) is 12.3. The number of benzene rings is 1. The summed E-state index contributed by atoms with van der Waals surface area (Å²) in [5, 5.41) is 10.9. The van der Waals surface area contributed by atoms with E-state index in [4.69, 9.17) is 9.47 Å². The average Bonchev–Trinajstić information content (AvgIpc) is 2.55. The largest absolute Gasteiger partial charge is 0.467 e. The minimum Gasteiger partial charge on any atom is -0.467 e. The SMILES string of the molecule is CC(=O)N(c1ccc2c(c1)COCO2)c1cc([N+](=O)[O-])ccn1. The Morgan fingerprint density at radius 2 is 2.17 bits per heavy atom. The van der Waals surface area contributed by atoms with Gasteiger partial charge in [0.05, 0.1) is 23.3 Å². The molecule has 0 radical (unpaired) electrons. The van der Waals surface area contributed by atoms with Gasteiger partial charge in [-0.2, -0.15) is 0 Å². The molecule has 3 rings (SSSR count). The van der Waals surface area contributed by atoms with Crippen molar-refractivity contribution in [1.82, 2.24) is 4.98 Å². The predicted octanol–water partition coefficient (Wildman–Crippen LogP) is 2.54. The number of pyridine rings is 1. The van der Waals surface area contributed by atoms with Gasteiger partial charge in [-0.3, -0.25) is 19.8 Å². The van der Waals surface area contributed by atoms with E-state index in [1.165, 1.54) is 30.2 Å². The maximum absolute atomic E-state index is 12.0. The molecule has 0 saturated heterocycles. The third-order valence-corrected chi connectivity index (χ3v) is 3.34. The van der Waals surface area contributed by atoms with E-state index in [-0.39, 0.29) is 24.2 Å². The van der Waals surface area contributed by atoms with Crippen molar-refractivity contribution in [3.63, 3.8) is 0 Å². The molecule has 0 unspecified atom stereocenters. The Hall–Kier alpha value is -3.00. The predicted molar refractivity (Wildman–Crippen MR) is 80.4 cm³/mol. The summed E-state index contributed by atoms with van der Waals surface area (Å²) < 4.78 is 10.6. The zero-order chi connectivity index (χ0) is 16.4. The minimum atomic E-state index is -0.530. The molecule has 118 valence electrons. The summed E-state index contributed by atoms with van der Waals surface area (Å²) in [4.78, 5) is 27.8. The Labute approximate surface area is 131 Å². The molecule has 1 aliphatic rings. The van der Waals surface area contributed by atoms with Crippen LogP contribution in [0, 0.1) is 10.1 Å². The van der Waals surface area contributed by atoms with Gasteiger partial charge in [0.2, 0.25) is 5.91 Å². The van der Waals surface area contributed by atoms with E-state index in [0.717, 1.165) is 5.56 Å². The molecule has 0 fully saturated rings. The van der Waals surface area contributed by atoms with E-state index in [0.29, 0.717) is 18.0 Å². The van der Waals surface area contributed by atoms with Gasteiger partial charge in [-0.15, -0.1) is 0 Å². The number of rotatable bonds is 3. The highest BCUT2D eigenvalue weighted by molar-refractivity contribution is 5.98. The van der Waals surface area contributed by atoms with Crippen LogP contribution in [0.3, 0.4) is 0 Å². The van der Waals surface area contributed by atoms with E-state index >= 15 is 0 Å². The van der Waals surface area contributed by atoms with Crippen LogP contribution >= 0.6 is 0 Å². The number of fused-ring (bicyclic) bond motifs is 1. The third-order valence-electron chi connectivity index (χ3n) is 3.34. The summed E-state index contributed by atoms with van der Waals surface area (Å²) in [7, 11) is 0. The number of carbonyl (C=O) groups excluding carboxylic acids is 1. The summed E-state index contributed by atoms with van der Waals surface area (Å²) in [6.45, 7) is 1.93. The number of hydrogen-bond acceptors (Lipinski definition) is 6. The molecule has 1 aromatic carbocycles. The van der Waals surface area contributed by atoms with Crippen molar-refractivity contribution in [1.29, 1.82) is 0 Å². The number of amides is 1. The van der Waals surface area contributed by atoms with Crippen LogP contribution in [0.25, 0.3) is 0 Å². The van der Waals surface area contributed by atoms with Gasteiger partial charge in [-0.05, 0) is 18.2 Å². The van der Waals surface area contributed by atoms with Gasteiger partial charge in [-0.1, -0.05) is 0 Å². The minimum absolute atomic E-state index is 0.133. The first-order valence-electron chi connectivity index (χ1n) is 6.81. The first-order valence-corrected chi connectivity index (χ1v) is 6.81. The number of ether oxygens (including phenoxy) is 2. The molecule has 2 heterocycles. The zero-order valence-corrected chi connectivity index (χ0v) is 12.3. The van der Waals surface area contributed by atoms with Crippen LogP contribution in [0.2, 0.25) is 0 Å². The maximum atomic E-state index is 12.0. The Balaban J connectivity index is 2.04. The van der Waals surface area contributed by atoms with E-state index in [2.05, 4.69) is 4.98 Å². The van der Waals surface area contributed by atoms with Crippen molar-refractivity contribution in [3.8, 4) is 5.75 Å². The van der Waals surface area contributed by atoms with Gasteiger partial charge in [0.15, 0.2) is 6.79 Å². The number of anilines is 2. The van der Waals surface area contributed by atoms with Gasteiger partial charge >= 0.3 is 0 Å². The monoisotopic (exact) mass is 315 g/mol. The van der Waals surface area contributed by atoms with Crippen molar-refractivity contribution in [3.05, 3.63) is 52.2 Å². The Morgan fingerprint density at radius 1 is 1.35 bits per heavy atom. The molecule has 0 saturated carbocycles. The van der Waals surface area contributed by atoms with E-state index < -0.39 is 4.92 Å². The number of aromatic nitrogens is 1. The van der Waals surface area contributed by atoms with Gasteiger partial charge in [0.1, 0.15) is 11.6 Å².